The van der Waals surface area contributed by atoms with Crippen LogP contribution in [0.15, 0.2) is 54.6 Å². The molecule has 1 atom stereocenters. The zero-order chi connectivity index (χ0) is 15.5. The van der Waals surface area contributed by atoms with Crippen molar-refractivity contribution in [1.82, 2.24) is 0 Å². The highest BCUT2D eigenvalue weighted by molar-refractivity contribution is 9.10. The average Bonchev–Trinajstić information content (AvgIpc) is 2.47. The van der Waals surface area contributed by atoms with E-state index in [0.717, 1.165) is 6.07 Å². The smallest absolute Gasteiger partial charge is 0.293 e. The molecule has 0 aliphatic heterocycles. The summed E-state index contributed by atoms with van der Waals surface area (Å²) in [5, 5.41) is 0. The molecule has 0 fully saturated rings. The third-order valence-electron chi connectivity index (χ3n) is 3.06. The van der Waals surface area contributed by atoms with Gasteiger partial charge in [0.2, 0.25) is 0 Å². The van der Waals surface area contributed by atoms with E-state index in [0.29, 0.717) is 5.56 Å². The van der Waals surface area contributed by atoms with Gasteiger partial charge in [0.15, 0.2) is 5.78 Å². The van der Waals surface area contributed by atoms with Crippen LogP contribution < -0.4 is 0 Å². The Morgan fingerprint density at radius 3 is 2.19 bits per heavy atom. The van der Waals surface area contributed by atoms with Crippen LogP contribution in [0.2, 0.25) is 0 Å². The first-order valence-corrected chi connectivity index (χ1v) is 7.19. The summed E-state index contributed by atoms with van der Waals surface area (Å²) in [5.74, 6) is -0.229. The van der Waals surface area contributed by atoms with Crippen molar-refractivity contribution in [1.29, 1.82) is 0 Å². The maximum absolute atomic E-state index is 12.9. The maximum atomic E-state index is 12.9. The summed E-state index contributed by atoms with van der Waals surface area (Å²) in [7, 11) is 0. The predicted octanol–water partition coefficient (Wildman–Crippen LogP) is 4.89. The minimum atomic E-state index is -4.42. The summed E-state index contributed by atoms with van der Waals surface area (Å²) in [6.45, 7) is 0. The van der Waals surface area contributed by atoms with Crippen molar-refractivity contribution in [3.63, 3.8) is 0 Å². The highest BCUT2D eigenvalue weighted by Gasteiger charge is 2.33. The Balaban J connectivity index is 2.21. The molecule has 0 aromatic heterocycles. The fraction of sp³-hybridized carbons (Fsp3) is 0.188. The fourth-order valence-electron chi connectivity index (χ4n) is 2.04. The molecule has 1 unspecified atom stereocenters. The van der Waals surface area contributed by atoms with Gasteiger partial charge in [-0.2, -0.15) is 13.2 Å². The minimum Gasteiger partial charge on any atom is -0.293 e. The summed E-state index contributed by atoms with van der Waals surface area (Å²) in [4.78, 5) is 11.5. The second-order valence-electron chi connectivity index (χ2n) is 4.56. The van der Waals surface area contributed by atoms with Crippen molar-refractivity contribution < 1.29 is 18.0 Å². The number of carbonyl (C=O) groups excluding carboxylic acids is 1. The molecule has 0 aliphatic carbocycles. The first kappa shape index (κ1) is 15.8. The third kappa shape index (κ3) is 3.94. The number of halogens is 4. The lowest BCUT2D eigenvalue weighted by molar-refractivity contribution is -0.138. The minimum absolute atomic E-state index is 0.0105. The SMILES string of the molecule is O=C(c1ccccc1)C(Br)Cc1ccccc1C(F)(F)F. The van der Waals surface area contributed by atoms with E-state index in [4.69, 9.17) is 0 Å². The Kier molecular flexibility index (Phi) is 4.83. The van der Waals surface area contributed by atoms with Crippen LogP contribution in [0.25, 0.3) is 0 Å². The number of Topliss-reactive ketones (excluding diaryl/α,β-unsaturated/α-hetero) is 1. The van der Waals surface area contributed by atoms with Gasteiger partial charge in [0, 0.05) is 5.56 Å². The number of carbonyl (C=O) groups is 1. The van der Waals surface area contributed by atoms with Gasteiger partial charge in [-0.15, -0.1) is 0 Å². The van der Waals surface area contributed by atoms with E-state index in [2.05, 4.69) is 15.9 Å². The maximum Gasteiger partial charge on any atom is 0.416 e. The van der Waals surface area contributed by atoms with Crippen molar-refractivity contribution in [3.8, 4) is 0 Å². The van der Waals surface area contributed by atoms with Crippen molar-refractivity contribution in [2.45, 2.75) is 17.4 Å². The first-order valence-electron chi connectivity index (χ1n) is 6.28. The van der Waals surface area contributed by atoms with E-state index < -0.39 is 16.6 Å². The number of rotatable bonds is 4. The van der Waals surface area contributed by atoms with E-state index in [1.165, 1.54) is 18.2 Å². The molecule has 0 saturated carbocycles. The number of benzene rings is 2. The predicted molar refractivity (Wildman–Crippen MR) is 78.6 cm³/mol. The lowest BCUT2D eigenvalue weighted by Crippen LogP contribution is -2.19. The molecule has 0 bridgehead atoms. The van der Waals surface area contributed by atoms with E-state index in [1.54, 1.807) is 30.3 Å². The lowest BCUT2D eigenvalue weighted by atomic mass is 9.98. The van der Waals surface area contributed by atoms with E-state index >= 15 is 0 Å². The summed E-state index contributed by atoms with van der Waals surface area (Å²) in [5.41, 5.74) is -0.115. The molecule has 21 heavy (non-hydrogen) atoms. The molecule has 0 spiro atoms. The van der Waals surface area contributed by atoms with Crippen LogP contribution in [0.1, 0.15) is 21.5 Å². The van der Waals surface area contributed by atoms with Crippen LogP contribution in [0.4, 0.5) is 13.2 Å². The summed E-state index contributed by atoms with van der Waals surface area (Å²) < 4.78 is 38.8. The zero-order valence-electron chi connectivity index (χ0n) is 10.9. The highest BCUT2D eigenvalue weighted by atomic mass is 79.9. The topological polar surface area (TPSA) is 17.1 Å². The lowest BCUT2D eigenvalue weighted by Gasteiger charge is -2.15. The molecule has 2 rings (SSSR count). The van der Waals surface area contributed by atoms with Gasteiger partial charge < -0.3 is 0 Å². The van der Waals surface area contributed by atoms with Crippen LogP contribution >= 0.6 is 15.9 Å². The van der Waals surface area contributed by atoms with Crippen molar-refractivity contribution >= 4 is 21.7 Å². The number of ketones is 1. The van der Waals surface area contributed by atoms with Gasteiger partial charge in [0.25, 0.3) is 0 Å². The molecule has 0 N–H and O–H groups in total. The largest absolute Gasteiger partial charge is 0.416 e. The van der Waals surface area contributed by atoms with Crippen LogP contribution in [0.5, 0.6) is 0 Å². The molecule has 0 saturated heterocycles. The van der Waals surface area contributed by atoms with Gasteiger partial charge in [-0.3, -0.25) is 4.79 Å². The highest BCUT2D eigenvalue weighted by Crippen LogP contribution is 2.33. The van der Waals surface area contributed by atoms with Crippen molar-refractivity contribution in [2.24, 2.45) is 0 Å². The Morgan fingerprint density at radius 1 is 1.00 bits per heavy atom. The summed E-state index contributed by atoms with van der Waals surface area (Å²) in [6, 6.07) is 13.8. The molecule has 2 aromatic rings. The van der Waals surface area contributed by atoms with E-state index in [9.17, 15) is 18.0 Å². The van der Waals surface area contributed by atoms with Crippen LogP contribution in [-0.2, 0) is 12.6 Å². The van der Waals surface area contributed by atoms with Gasteiger partial charge in [-0.1, -0.05) is 64.5 Å². The van der Waals surface area contributed by atoms with Gasteiger partial charge in [0.05, 0.1) is 10.4 Å². The Bertz CT molecular complexity index is 623. The van der Waals surface area contributed by atoms with Crippen molar-refractivity contribution in [3.05, 3.63) is 71.3 Å². The molecule has 1 nitrogen and oxygen atoms in total. The first-order chi connectivity index (χ1) is 9.89. The molecular formula is C16H12BrF3O. The Morgan fingerprint density at radius 2 is 1.57 bits per heavy atom. The Hall–Kier alpha value is -1.62. The second-order valence-corrected chi connectivity index (χ2v) is 5.66. The summed E-state index contributed by atoms with van der Waals surface area (Å²) >= 11 is 3.20. The van der Waals surface area contributed by atoms with Crippen molar-refractivity contribution in [2.75, 3.05) is 0 Å². The van der Waals surface area contributed by atoms with Gasteiger partial charge in [-0.25, -0.2) is 0 Å². The zero-order valence-corrected chi connectivity index (χ0v) is 12.5. The number of hydrogen-bond donors (Lipinski definition) is 0. The molecule has 0 heterocycles. The van der Waals surface area contributed by atoms with Gasteiger partial charge in [-0.05, 0) is 18.1 Å². The molecule has 110 valence electrons. The monoisotopic (exact) mass is 356 g/mol. The standard InChI is InChI=1S/C16H12BrF3O/c17-14(15(21)11-6-2-1-3-7-11)10-12-8-4-5-9-13(12)16(18,19)20/h1-9,14H,10H2. The number of hydrogen-bond acceptors (Lipinski definition) is 1. The van der Waals surface area contributed by atoms with E-state index in [-0.39, 0.29) is 17.8 Å². The second kappa shape index (κ2) is 6.43. The molecule has 0 amide bonds. The molecule has 5 heteroatoms. The molecule has 2 aromatic carbocycles. The molecular weight excluding hydrogens is 345 g/mol. The normalized spacial score (nSPS) is 13.0. The number of alkyl halides is 4. The molecule has 0 aliphatic rings. The van der Waals surface area contributed by atoms with Crippen LogP contribution in [0.3, 0.4) is 0 Å². The summed E-state index contributed by atoms with van der Waals surface area (Å²) in [6.07, 6.45) is -4.43. The van der Waals surface area contributed by atoms with E-state index in [1.807, 2.05) is 0 Å². The average molecular weight is 357 g/mol. The fourth-order valence-corrected chi connectivity index (χ4v) is 2.66. The Labute approximate surface area is 128 Å². The molecule has 0 radical (unpaired) electrons. The van der Waals surface area contributed by atoms with Crippen LogP contribution in [-0.4, -0.2) is 10.6 Å². The van der Waals surface area contributed by atoms with Gasteiger partial charge in [0.1, 0.15) is 0 Å². The third-order valence-corrected chi connectivity index (χ3v) is 3.80. The quantitative estimate of drug-likeness (QED) is 0.562. The van der Waals surface area contributed by atoms with Crippen LogP contribution in [0, 0.1) is 0 Å². The van der Waals surface area contributed by atoms with Gasteiger partial charge >= 0.3 is 6.18 Å².